The fraction of sp³-hybridized carbons (Fsp3) is 0.316. The number of hydrogen-bond acceptors (Lipinski definition) is 3. The monoisotopic (exact) mass is 296 g/mol. The molecule has 22 heavy (non-hydrogen) atoms. The Bertz CT molecular complexity index is 731. The number of rotatable bonds is 5. The number of hydrogen-bond donors (Lipinski definition) is 0. The fourth-order valence-corrected chi connectivity index (χ4v) is 2.84. The first-order valence-electron chi connectivity index (χ1n) is 7.74. The molecule has 0 bridgehead atoms. The van der Waals surface area contributed by atoms with Gasteiger partial charge in [-0.3, -0.25) is 4.79 Å². The Hall–Kier alpha value is -2.29. The normalized spacial score (nSPS) is 15.8. The van der Waals surface area contributed by atoms with Crippen LogP contribution in [0, 0.1) is 0 Å². The van der Waals surface area contributed by atoms with E-state index < -0.39 is 0 Å². The average molecular weight is 296 g/mol. The quantitative estimate of drug-likeness (QED) is 0.595. The summed E-state index contributed by atoms with van der Waals surface area (Å²) >= 11 is 0. The minimum atomic E-state index is -0.320. The first-order chi connectivity index (χ1) is 10.7. The minimum absolute atomic E-state index is 0.273. The number of ether oxygens (including phenoxy) is 2. The maximum atomic E-state index is 11.3. The number of carbonyl (C=O) groups is 1. The summed E-state index contributed by atoms with van der Waals surface area (Å²) in [6.45, 7) is 4.31. The molecule has 1 aliphatic rings. The molecular weight excluding hydrogens is 276 g/mol. The van der Waals surface area contributed by atoms with E-state index in [-0.39, 0.29) is 12.1 Å². The van der Waals surface area contributed by atoms with Crippen LogP contribution in [-0.4, -0.2) is 12.6 Å². The Labute approximate surface area is 130 Å². The highest BCUT2D eigenvalue weighted by atomic mass is 16.5. The molecule has 2 aromatic carbocycles. The van der Waals surface area contributed by atoms with Crippen molar-refractivity contribution in [3.8, 4) is 5.75 Å². The molecule has 0 saturated heterocycles. The highest BCUT2D eigenvalue weighted by Crippen LogP contribution is 2.39. The van der Waals surface area contributed by atoms with Gasteiger partial charge >= 0.3 is 5.97 Å². The van der Waals surface area contributed by atoms with Crippen LogP contribution < -0.4 is 4.74 Å². The van der Waals surface area contributed by atoms with E-state index in [2.05, 4.69) is 19.1 Å². The lowest BCUT2D eigenvalue weighted by Crippen LogP contribution is -2.10. The van der Waals surface area contributed by atoms with Gasteiger partial charge in [-0.2, -0.15) is 0 Å². The standard InChI is InChI=1S/C19H20O3/c1-3-4-12-21-17-10-8-14-6-5-7-15-18(22-13(2)20)11-9-16(17)19(14)15/h5-11,18H,3-4,12H2,1-2H3. The van der Waals surface area contributed by atoms with Crippen LogP contribution in [0.3, 0.4) is 0 Å². The van der Waals surface area contributed by atoms with Crippen LogP contribution in [0.2, 0.25) is 0 Å². The first-order valence-corrected chi connectivity index (χ1v) is 7.74. The zero-order valence-electron chi connectivity index (χ0n) is 13.0. The van der Waals surface area contributed by atoms with Gasteiger partial charge in [-0.05, 0) is 29.3 Å². The molecule has 1 unspecified atom stereocenters. The molecule has 0 heterocycles. The summed E-state index contributed by atoms with van der Waals surface area (Å²) in [6, 6.07) is 10.2. The van der Waals surface area contributed by atoms with E-state index in [1.165, 1.54) is 6.92 Å². The molecule has 0 radical (unpaired) electrons. The first kappa shape index (κ1) is 14.6. The summed E-state index contributed by atoms with van der Waals surface area (Å²) in [7, 11) is 0. The van der Waals surface area contributed by atoms with Crippen LogP contribution in [0.15, 0.2) is 36.4 Å². The number of carbonyl (C=O) groups excluding carboxylic acids is 1. The van der Waals surface area contributed by atoms with Crippen LogP contribution >= 0.6 is 0 Å². The Balaban J connectivity index is 2.05. The van der Waals surface area contributed by atoms with Crippen LogP contribution in [0.1, 0.15) is 43.9 Å². The van der Waals surface area contributed by atoms with Gasteiger partial charge in [-0.25, -0.2) is 0 Å². The van der Waals surface area contributed by atoms with Gasteiger partial charge in [-0.15, -0.1) is 0 Å². The van der Waals surface area contributed by atoms with E-state index in [1.807, 2.05) is 30.4 Å². The molecule has 0 aliphatic heterocycles. The van der Waals surface area contributed by atoms with Gasteiger partial charge < -0.3 is 9.47 Å². The van der Waals surface area contributed by atoms with Crippen molar-refractivity contribution in [2.45, 2.75) is 32.8 Å². The second kappa shape index (κ2) is 6.22. The SMILES string of the molecule is CCCCOc1ccc2cccc3c2c1C=CC3OC(C)=O. The second-order valence-electron chi connectivity index (χ2n) is 5.51. The summed E-state index contributed by atoms with van der Waals surface area (Å²) in [6.07, 6.45) is 5.76. The molecule has 1 atom stereocenters. The molecule has 1 aliphatic carbocycles. The minimum Gasteiger partial charge on any atom is -0.493 e. The predicted octanol–water partition coefficient (Wildman–Crippen LogP) is 4.65. The molecule has 3 heteroatoms. The van der Waals surface area contributed by atoms with Crippen LogP contribution in [0.25, 0.3) is 16.8 Å². The van der Waals surface area contributed by atoms with Crippen molar-refractivity contribution in [3.05, 3.63) is 47.5 Å². The molecule has 0 amide bonds. The maximum absolute atomic E-state index is 11.3. The van der Waals surface area contributed by atoms with E-state index in [0.29, 0.717) is 0 Å². The third kappa shape index (κ3) is 2.71. The molecule has 0 N–H and O–H groups in total. The number of esters is 1. The molecule has 0 fully saturated rings. The summed E-state index contributed by atoms with van der Waals surface area (Å²) in [5.74, 6) is 0.622. The average Bonchev–Trinajstić information content (AvgIpc) is 2.51. The second-order valence-corrected chi connectivity index (χ2v) is 5.51. The zero-order valence-corrected chi connectivity index (χ0v) is 13.0. The van der Waals surface area contributed by atoms with Crippen molar-refractivity contribution in [3.63, 3.8) is 0 Å². The van der Waals surface area contributed by atoms with Crippen LogP contribution in [0.5, 0.6) is 5.75 Å². The molecule has 0 saturated carbocycles. The van der Waals surface area contributed by atoms with Crippen molar-refractivity contribution >= 4 is 22.8 Å². The highest BCUT2D eigenvalue weighted by molar-refractivity contribution is 5.97. The Kier molecular flexibility index (Phi) is 4.14. The van der Waals surface area contributed by atoms with Gasteiger partial charge in [0.05, 0.1) is 6.61 Å². The maximum Gasteiger partial charge on any atom is 0.303 e. The summed E-state index contributed by atoms with van der Waals surface area (Å²) in [4.78, 5) is 11.3. The van der Waals surface area contributed by atoms with Crippen molar-refractivity contribution in [2.75, 3.05) is 6.61 Å². The van der Waals surface area contributed by atoms with E-state index in [1.54, 1.807) is 0 Å². The Morgan fingerprint density at radius 3 is 2.86 bits per heavy atom. The van der Waals surface area contributed by atoms with E-state index in [4.69, 9.17) is 9.47 Å². The predicted molar refractivity (Wildman–Crippen MR) is 87.9 cm³/mol. The van der Waals surface area contributed by atoms with Crippen molar-refractivity contribution < 1.29 is 14.3 Å². The van der Waals surface area contributed by atoms with Crippen LogP contribution in [-0.2, 0) is 9.53 Å². The lowest BCUT2D eigenvalue weighted by atomic mass is 9.91. The lowest BCUT2D eigenvalue weighted by Gasteiger charge is -2.22. The van der Waals surface area contributed by atoms with Gasteiger partial charge in [-0.1, -0.05) is 43.7 Å². The summed E-state index contributed by atoms with van der Waals surface area (Å²) < 4.78 is 11.3. The van der Waals surface area contributed by atoms with Crippen LogP contribution in [0.4, 0.5) is 0 Å². The largest absolute Gasteiger partial charge is 0.493 e. The van der Waals surface area contributed by atoms with E-state index in [0.717, 1.165) is 47.1 Å². The third-order valence-electron chi connectivity index (χ3n) is 3.87. The fourth-order valence-electron chi connectivity index (χ4n) is 2.84. The molecule has 3 rings (SSSR count). The van der Waals surface area contributed by atoms with Gasteiger partial charge in [0.15, 0.2) is 0 Å². The zero-order chi connectivity index (χ0) is 15.5. The van der Waals surface area contributed by atoms with Gasteiger partial charge in [0.25, 0.3) is 0 Å². The number of benzene rings is 2. The lowest BCUT2D eigenvalue weighted by molar-refractivity contribution is -0.144. The smallest absolute Gasteiger partial charge is 0.303 e. The molecule has 0 aromatic heterocycles. The molecule has 2 aromatic rings. The Morgan fingerprint density at radius 1 is 1.23 bits per heavy atom. The third-order valence-corrected chi connectivity index (χ3v) is 3.87. The van der Waals surface area contributed by atoms with E-state index in [9.17, 15) is 4.79 Å². The molecule has 114 valence electrons. The summed E-state index contributed by atoms with van der Waals surface area (Å²) in [5, 5.41) is 2.25. The summed E-state index contributed by atoms with van der Waals surface area (Å²) in [5.41, 5.74) is 2.10. The van der Waals surface area contributed by atoms with Gasteiger partial charge in [0.1, 0.15) is 11.9 Å². The number of unbranched alkanes of at least 4 members (excludes halogenated alkanes) is 1. The molecule has 0 spiro atoms. The topological polar surface area (TPSA) is 35.5 Å². The molecular formula is C19H20O3. The van der Waals surface area contributed by atoms with Gasteiger partial charge in [0.2, 0.25) is 0 Å². The van der Waals surface area contributed by atoms with Crippen molar-refractivity contribution in [2.24, 2.45) is 0 Å². The Morgan fingerprint density at radius 2 is 2.09 bits per heavy atom. The molecule has 3 nitrogen and oxygen atoms in total. The highest BCUT2D eigenvalue weighted by Gasteiger charge is 2.21. The van der Waals surface area contributed by atoms with Crippen molar-refractivity contribution in [1.82, 2.24) is 0 Å². The van der Waals surface area contributed by atoms with E-state index >= 15 is 0 Å². The van der Waals surface area contributed by atoms with Gasteiger partial charge in [0, 0.05) is 18.1 Å². The van der Waals surface area contributed by atoms with Crippen molar-refractivity contribution in [1.29, 1.82) is 0 Å².